The molecule has 0 aromatic heterocycles. The van der Waals surface area contributed by atoms with Crippen LogP contribution in [0.15, 0.2) is 4.99 Å². The molecule has 5 nitrogen and oxygen atoms in total. The molecule has 1 rings (SSSR count). The lowest BCUT2D eigenvalue weighted by Gasteiger charge is -2.33. The molecule has 0 radical (unpaired) electrons. The molecular formula is C14H27N3O2. The van der Waals surface area contributed by atoms with Crippen molar-refractivity contribution in [2.24, 2.45) is 16.8 Å². The molecule has 0 atom stereocenters. The van der Waals surface area contributed by atoms with Crippen LogP contribution >= 0.6 is 0 Å². The quantitative estimate of drug-likeness (QED) is 0.477. The van der Waals surface area contributed by atoms with Crippen LogP contribution in [0.2, 0.25) is 0 Å². The van der Waals surface area contributed by atoms with E-state index in [2.05, 4.69) is 29.1 Å². The lowest BCUT2D eigenvalue weighted by Crippen LogP contribution is -2.47. The van der Waals surface area contributed by atoms with Crippen LogP contribution in [0, 0.1) is 11.8 Å². The zero-order valence-electron chi connectivity index (χ0n) is 12.6. The Morgan fingerprint density at radius 1 is 1.42 bits per heavy atom. The van der Waals surface area contributed by atoms with E-state index in [1.165, 1.54) is 0 Å². The van der Waals surface area contributed by atoms with Gasteiger partial charge in [0.25, 0.3) is 0 Å². The zero-order chi connectivity index (χ0) is 14.3. The number of likely N-dealkylation sites (tertiary alicyclic amines) is 1. The fourth-order valence-corrected chi connectivity index (χ4v) is 2.21. The highest BCUT2D eigenvalue weighted by Crippen LogP contribution is 2.18. The van der Waals surface area contributed by atoms with Crippen molar-refractivity contribution in [2.75, 3.05) is 33.3 Å². The van der Waals surface area contributed by atoms with Gasteiger partial charge in [0.15, 0.2) is 5.96 Å². The van der Waals surface area contributed by atoms with Gasteiger partial charge in [-0.1, -0.05) is 13.8 Å². The maximum atomic E-state index is 11.7. The van der Waals surface area contributed by atoms with Gasteiger partial charge in [-0.05, 0) is 25.7 Å². The molecule has 1 fully saturated rings. The lowest BCUT2D eigenvalue weighted by atomic mass is 9.97. The van der Waals surface area contributed by atoms with E-state index in [9.17, 15) is 4.79 Å². The number of nitrogens with zero attached hydrogens (tertiary/aromatic N) is 2. The number of hydrogen-bond acceptors (Lipinski definition) is 3. The second kappa shape index (κ2) is 8.02. The average molecular weight is 269 g/mol. The first kappa shape index (κ1) is 15.8. The van der Waals surface area contributed by atoms with E-state index in [0.29, 0.717) is 12.5 Å². The van der Waals surface area contributed by atoms with Gasteiger partial charge in [0.1, 0.15) is 0 Å². The highest BCUT2D eigenvalue weighted by molar-refractivity contribution is 5.80. The van der Waals surface area contributed by atoms with E-state index in [-0.39, 0.29) is 11.9 Å². The van der Waals surface area contributed by atoms with E-state index in [1.807, 2.05) is 6.92 Å². The monoisotopic (exact) mass is 269 g/mol. The maximum Gasteiger partial charge on any atom is 0.309 e. The van der Waals surface area contributed by atoms with Gasteiger partial charge in [-0.25, -0.2) is 0 Å². The molecule has 0 amide bonds. The Morgan fingerprint density at radius 2 is 2.05 bits per heavy atom. The van der Waals surface area contributed by atoms with Crippen LogP contribution in [0.1, 0.15) is 33.6 Å². The summed E-state index contributed by atoms with van der Waals surface area (Å²) in [5.41, 5.74) is 0. The summed E-state index contributed by atoms with van der Waals surface area (Å²) in [5.74, 6) is 1.54. The lowest BCUT2D eigenvalue weighted by molar-refractivity contribution is -0.149. The summed E-state index contributed by atoms with van der Waals surface area (Å²) >= 11 is 0. The number of rotatable bonds is 4. The Labute approximate surface area is 116 Å². The predicted molar refractivity (Wildman–Crippen MR) is 77.1 cm³/mol. The normalized spacial score (nSPS) is 17.7. The van der Waals surface area contributed by atoms with Gasteiger partial charge in [-0.3, -0.25) is 9.79 Å². The Hall–Kier alpha value is -1.26. The summed E-state index contributed by atoms with van der Waals surface area (Å²) in [6.45, 7) is 9.31. The van der Waals surface area contributed by atoms with E-state index in [1.54, 1.807) is 7.05 Å². The summed E-state index contributed by atoms with van der Waals surface area (Å²) in [5, 5.41) is 3.37. The van der Waals surface area contributed by atoms with Crippen molar-refractivity contribution in [1.29, 1.82) is 0 Å². The van der Waals surface area contributed by atoms with Crippen LogP contribution in [-0.2, 0) is 9.53 Å². The van der Waals surface area contributed by atoms with Gasteiger partial charge in [0.2, 0.25) is 0 Å². The van der Waals surface area contributed by atoms with Crippen molar-refractivity contribution in [2.45, 2.75) is 33.6 Å². The molecule has 1 N–H and O–H groups in total. The number of carbonyl (C=O) groups is 1. The number of aliphatic imine (C=N–C) groups is 1. The molecule has 0 aromatic rings. The van der Waals surface area contributed by atoms with E-state index in [4.69, 9.17) is 4.74 Å². The Bertz CT molecular complexity index is 308. The zero-order valence-corrected chi connectivity index (χ0v) is 12.6. The van der Waals surface area contributed by atoms with Crippen LogP contribution in [0.5, 0.6) is 0 Å². The largest absolute Gasteiger partial charge is 0.466 e. The SMILES string of the molecule is CCOC(=O)C1CCN(C(=NC)NCC(C)C)CC1. The van der Waals surface area contributed by atoms with Crippen molar-refractivity contribution < 1.29 is 9.53 Å². The number of guanidine groups is 1. The summed E-state index contributed by atoms with van der Waals surface area (Å²) in [6, 6.07) is 0. The molecule has 1 aliphatic heterocycles. The Morgan fingerprint density at radius 3 is 2.53 bits per heavy atom. The fourth-order valence-electron chi connectivity index (χ4n) is 2.21. The third kappa shape index (κ3) is 5.09. The van der Waals surface area contributed by atoms with Crippen LogP contribution in [-0.4, -0.2) is 50.1 Å². The van der Waals surface area contributed by atoms with E-state index >= 15 is 0 Å². The maximum absolute atomic E-state index is 11.7. The van der Waals surface area contributed by atoms with Crippen molar-refractivity contribution in [3.63, 3.8) is 0 Å². The van der Waals surface area contributed by atoms with Gasteiger partial charge in [0.05, 0.1) is 12.5 Å². The molecule has 1 saturated heterocycles. The number of nitrogens with one attached hydrogen (secondary N) is 1. The summed E-state index contributed by atoms with van der Waals surface area (Å²) in [4.78, 5) is 18.2. The fraction of sp³-hybridized carbons (Fsp3) is 0.857. The predicted octanol–water partition coefficient (Wildman–Crippen LogP) is 1.49. The topological polar surface area (TPSA) is 53.9 Å². The Kier molecular flexibility index (Phi) is 6.67. The minimum absolute atomic E-state index is 0.0488. The number of esters is 1. The second-order valence-corrected chi connectivity index (χ2v) is 5.34. The van der Waals surface area contributed by atoms with Gasteiger partial charge in [0, 0.05) is 26.7 Å². The number of ether oxygens (including phenoxy) is 1. The summed E-state index contributed by atoms with van der Waals surface area (Å²) in [6.07, 6.45) is 1.70. The standard InChI is InChI=1S/C14H27N3O2/c1-5-19-13(18)12-6-8-17(9-7-12)14(15-4)16-10-11(2)3/h11-12H,5-10H2,1-4H3,(H,15,16). The molecule has 0 saturated carbocycles. The first-order valence-corrected chi connectivity index (χ1v) is 7.20. The van der Waals surface area contributed by atoms with E-state index < -0.39 is 0 Å². The van der Waals surface area contributed by atoms with Crippen molar-refractivity contribution in [3.8, 4) is 0 Å². The van der Waals surface area contributed by atoms with Crippen LogP contribution < -0.4 is 5.32 Å². The number of hydrogen-bond donors (Lipinski definition) is 1. The molecule has 0 bridgehead atoms. The van der Waals surface area contributed by atoms with Crippen LogP contribution in [0.3, 0.4) is 0 Å². The number of piperidine rings is 1. The van der Waals surface area contributed by atoms with Gasteiger partial charge >= 0.3 is 5.97 Å². The Balaban J connectivity index is 2.41. The third-order valence-electron chi connectivity index (χ3n) is 3.29. The molecule has 0 aliphatic carbocycles. The third-order valence-corrected chi connectivity index (χ3v) is 3.29. The highest BCUT2D eigenvalue weighted by Gasteiger charge is 2.27. The van der Waals surface area contributed by atoms with E-state index in [0.717, 1.165) is 38.4 Å². The summed E-state index contributed by atoms with van der Waals surface area (Å²) in [7, 11) is 1.81. The van der Waals surface area contributed by atoms with Gasteiger partial charge < -0.3 is 15.0 Å². The molecule has 0 unspecified atom stereocenters. The smallest absolute Gasteiger partial charge is 0.309 e. The average Bonchev–Trinajstić information content (AvgIpc) is 2.40. The number of carbonyl (C=O) groups excluding carboxylic acids is 1. The summed E-state index contributed by atoms with van der Waals surface area (Å²) < 4.78 is 5.08. The first-order valence-electron chi connectivity index (χ1n) is 7.20. The minimum Gasteiger partial charge on any atom is -0.466 e. The second-order valence-electron chi connectivity index (χ2n) is 5.34. The van der Waals surface area contributed by atoms with Gasteiger partial charge in [-0.15, -0.1) is 0 Å². The van der Waals surface area contributed by atoms with Crippen molar-refractivity contribution in [3.05, 3.63) is 0 Å². The molecular weight excluding hydrogens is 242 g/mol. The van der Waals surface area contributed by atoms with Gasteiger partial charge in [-0.2, -0.15) is 0 Å². The van der Waals surface area contributed by atoms with Crippen molar-refractivity contribution in [1.82, 2.24) is 10.2 Å². The minimum atomic E-state index is -0.0488. The molecule has 5 heteroatoms. The molecule has 1 aliphatic rings. The van der Waals surface area contributed by atoms with Crippen LogP contribution in [0.4, 0.5) is 0 Å². The van der Waals surface area contributed by atoms with Crippen molar-refractivity contribution >= 4 is 11.9 Å². The molecule has 110 valence electrons. The molecule has 0 spiro atoms. The molecule has 1 heterocycles. The molecule has 0 aromatic carbocycles. The first-order chi connectivity index (χ1) is 9.08. The highest BCUT2D eigenvalue weighted by atomic mass is 16.5. The molecule has 19 heavy (non-hydrogen) atoms. The van der Waals surface area contributed by atoms with Crippen LogP contribution in [0.25, 0.3) is 0 Å².